The Morgan fingerprint density at radius 1 is 1.38 bits per heavy atom. The van der Waals surface area contributed by atoms with Crippen LogP contribution in [0.3, 0.4) is 0 Å². The molecule has 1 fully saturated rings. The number of rotatable bonds is 10. The van der Waals surface area contributed by atoms with Gasteiger partial charge in [-0.15, -0.1) is 0 Å². The smallest absolute Gasteiger partial charge is 0.323 e. The summed E-state index contributed by atoms with van der Waals surface area (Å²) in [5.74, 6) is -0.469. The van der Waals surface area contributed by atoms with E-state index in [4.69, 9.17) is 27.2 Å². The first-order valence-corrected chi connectivity index (χ1v) is 13.9. The van der Waals surface area contributed by atoms with Crippen molar-refractivity contribution in [3.8, 4) is 6.07 Å². The molecule has 0 radical (unpaired) electrons. The highest BCUT2D eigenvalue weighted by molar-refractivity contribution is 6.32. The van der Waals surface area contributed by atoms with Gasteiger partial charge in [0.1, 0.15) is 17.7 Å². The summed E-state index contributed by atoms with van der Waals surface area (Å²) in [6.45, 7) is 13.0. The minimum absolute atomic E-state index is 0.0384. The number of hydrogen-bond donors (Lipinski definition) is 2. The summed E-state index contributed by atoms with van der Waals surface area (Å²) in [7, 11) is 0. The Balaban J connectivity index is 1.88. The molecule has 3 N–H and O–H groups in total. The van der Waals surface area contributed by atoms with Gasteiger partial charge in [-0.05, 0) is 52.7 Å². The van der Waals surface area contributed by atoms with Gasteiger partial charge in [0.25, 0.3) is 0 Å². The molecule has 11 heteroatoms. The lowest BCUT2D eigenvalue weighted by molar-refractivity contribution is -0.154. The highest BCUT2D eigenvalue weighted by Gasteiger charge is 2.56. The molecular formula is C28H38ClN7O3. The number of unbranched alkanes of at least 4 members (excludes halogenated alkanes) is 1. The largest absolute Gasteiger partial charge is 0.480 e. The predicted molar refractivity (Wildman–Crippen MR) is 150 cm³/mol. The van der Waals surface area contributed by atoms with Crippen molar-refractivity contribution in [3.63, 3.8) is 0 Å². The van der Waals surface area contributed by atoms with E-state index in [2.05, 4.69) is 23.0 Å². The van der Waals surface area contributed by atoms with Gasteiger partial charge in [-0.1, -0.05) is 31.4 Å². The van der Waals surface area contributed by atoms with Crippen molar-refractivity contribution in [1.82, 2.24) is 24.6 Å². The molecule has 1 aliphatic carbocycles. The molecule has 4 rings (SSSR count). The number of nitrogen functional groups attached to an aromatic ring is 1. The summed E-state index contributed by atoms with van der Waals surface area (Å²) in [4.78, 5) is 22.5. The van der Waals surface area contributed by atoms with Gasteiger partial charge >= 0.3 is 5.97 Å². The number of likely N-dealkylation sites (tertiary alicyclic amines) is 1. The third-order valence-corrected chi connectivity index (χ3v) is 8.93. The Kier molecular flexibility index (Phi) is 8.08. The lowest BCUT2D eigenvalue weighted by Crippen LogP contribution is -2.62. The van der Waals surface area contributed by atoms with Gasteiger partial charge in [0.05, 0.1) is 45.3 Å². The van der Waals surface area contributed by atoms with Gasteiger partial charge in [-0.25, -0.2) is 14.6 Å². The number of allylic oxidation sites excluding steroid dienone is 2. The van der Waals surface area contributed by atoms with Crippen molar-refractivity contribution in [2.45, 2.75) is 78.5 Å². The number of anilines is 1. The second-order valence-electron chi connectivity index (χ2n) is 11.1. The molecule has 0 amide bonds. The standard InChI is InChI=1S/C28H38ClN7O3/c1-7-9-10-28(17(4)36-25-22(16(3)34-36)24(31)32-15-33-25)20(12-30)21(29)11-19(23(28)39-8-2)18-13-35(14-18)27(5,6)26(37)38/h11,15,17-18,23H,7-10,13-14H2,1-6H3,(H,37,38)(H2,31,32,33). The Labute approximate surface area is 234 Å². The fourth-order valence-corrected chi connectivity index (χ4v) is 6.49. The number of aliphatic carboxylic acids is 1. The summed E-state index contributed by atoms with van der Waals surface area (Å²) in [5, 5.41) is 26.2. The number of carbonyl (C=O) groups is 1. The molecule has 0 spiro atoms. The van der Waals surface area contributed by atoms with Gasteiger partial charge in [0, 0.05) is 25.6 Å². The molecule has 2 aromatic heterocycles. The minimum atomic E-state index is -0.984. The first-order chi connectivity index (χ1) is 18.4. The number of hydrogen-bond acceptors (Lipinski definition) is 8. The molecular weight excluding hydrogens is 518 g/mol. The van der Waals surface area contributed by atoms with Gasteiger partial charge in [0.15, 0.2) is 5.65 Å². The molecule has 0 aromatic carbocycles. The number of carboxylic acid groups (broad SMARTS) is 1. The highest BCUT2D eigenvalue weighted by atomic mass is 35.5. The van der Waals surface area contributed by atoms with Crippen molar-refractivity contribution >= 4 is 34.4 Å². The number of nitriles is 1. The lowest BCUT2D eigenvalue weighted by Gasteiger charge is -2.53. The average Bonchev–Trinajstić information content (AvgIpc) is 3.20. The number of aromatic nitrogens is 4. The van der Waals surface area contributed by atoms with E-state index in [9.17, 15) is 15.2 Å². The zero-order valence-corrected chi connectivity index (χ0v) is 24.3. The Morgan fingerprint density at radius 2 is 2.08 bits per heavy atom. The SMILES string of the molecule is CCCCC1(C(C)n2nc(C)c3c(N)ncnc32)C(C#N)=C(Cl)C=C(C2CN(C(C)(C)C(=O)O)C2)C1OCC. The van der Waals surface area contributed by atoms with Crippen LogP contribution in [0.2, 0.25) is 0 Å². The topological polar surface area (TPSA) is 143 Å². The van der Waals surface area contributed by atoms with Crippen LogP contribution in [-0.2, 0) is 9.53 Å². The predicted octanol–water partition coefficient (Wildman–Crippen LogP) is 4.61. The first kappa shape index (κ1) is 29.0. The van der Waals surface area contributed by atoms with E-state index in [1.807, 2.05) is 36.4 Å². The fraction of sp³-hybridized carbons (Fsp3) is 0.607. The quantitative estimate of drug-likeness (QED) is 0.429. The summed E-state index contributed by atoms with van der Waals surface area (Å²) in [5.41, 5.74) is 7.15. The molecule has 0 bridgehead atoms. The van der Waals surface area contributed by atoms with Gasteiger partial charge < -0.3 is 15.6 Å². The van der Waals surface area contributed by atoms with E-state index in [0.29, 0.717) is 59.3 Å². The normalized spacial score (nSPS) is 23.4. The maximum Gasteiger partial charge on any atom is 0.323 e. The molecule has 0 saturated carbocycles. The molecule has 1 saturated heterocycles. The molecule has 1 aliphatic heterocycles. The zero-order valence-electron chi connectivity index (χ0n) is 23.5. The van der Waals surface area contributed by atoms with Crippen LogP contribution >= 0.6 is 11.6 Å². The number of nitrogens with two attached hydrogens (primary N) is 1. The van der Waals surface area contributed by atoms with E-state index in [1.165, 1.54) is 6.33 Å². The maximum absolute atomic E-state index is 11.9. The Bertz CT molecular complexity index is 1370. The molecule has 3 unspecified atom stereocenters. The Hall–Kier alpha value is -3.00. The molecule has 10 nitrogen and oxygen atoms in total. The number of ether oxygens (including phenoxy) is 1. The third kappa shape index (κ3) is 4.60. The van der Waals surface area contributed by atoms with E-state index >= 15 is 0 Å². The molecule has 39 heavy (non-hydrogen) atoms. The van der Waals surface area contributed by atoms with Crippen LogP contribution in [0.1, 0.15) is 65.6 Å². The van der Waals surface area contributed by atoms with Crippen molar-refractivity contribution in [2.24, 2.45) is 11.3 Å². The van der Waals surface area contributed by atoms with Crippen LogP contribution in [0.5, 0.6) is 0 Å². The Morgan fingerprint density at radius 3 is 2.67 bits per heavy atom. The van der Waals surface area contributed by atoms with Crippen molar-refractivity contribution in [3.05, 3.63) is 34.3 Å². The fourth-order valence-electron chi connectivity index (χ4n) is 6.15. The van der Waals surface area contributed by atoms with Crippen LogP contribution in [0.25, 0.3) is 11.0 Å². The van der Waals surface area contributed by atoms with Gasteiger partial charge in [-0.2, -0.15) is 10.4 Å². The summed E-state index contributed by atoms with van der Waals surface area (Å²) < 4.78 is 8.40. The van der Waals surface area contributed by atoms with E-state index in [0.717, 1.165) is 18.4 Å². The van der Waals surface area contributed by atoms with Crippen molar-refractivity contribution in [2.75, 3.05) is 25.4 Å². The number of carboxylic acids is 1. The van der Waals surface area contributed by atoms with Crippen molar-refractivity contribution in [1.29, 1.82) is 5.26 Å². The molecule has 2 aliphatic rings. The van der Waals surface area contributed by atoms with Crippen LogP contribution < -0.4 is 5.73 Å². The zero-order chi connectivity index (χ0) is 28.7. The molecule has 210 valence electrons. The average molecular weight is 556 g/mol. The summed E-state index contributed by atoms with van der Waals surface area (Å²) in [6.07, 6.45) is 5.24. The van der Waals surface area contributed by atoms with E-state index in [1.54, 1.807) is 13.8 Å². The van der Waals surface area contributed by atoms with E-state index in [-0.39, 0.29) is 12.0 Å². The maximum atomic E-state index is 11.9. The lowest BCUT2D eigenvalue weighted by atomic mass is 9.60. The molecule has 3 heterocycles. The molecule has 3 atom stereocenters. The number of fused-ring (bicyclic) bond motifs is 1. The third-order valence-electron chi connectivity index (χ3n) is 8.63. The minimum Gasteiger partial charge on any atom is -0.480 e. The number of aryl methyl sites for hydroxylation is 1. The number of nitrogens with zero attached hydrogens (tertiary/aromatic N) is 6. The van der Waals surface area contributed by atoms with E-state index < -0.39 is 23.0 Å². The van der Waals surface area contributed by atoms with Gasteiger partial charge in [-0.3, -0.25) is 9.69 Å². The number of halogens is 1. The van der Waals surface area contributed by atoms with Crippen molar-refractivity contribution < 1.29 is 14.6 Å². The molecule has 2 aromatic rings. The second kappa shape index (κ2) is 10.9. The summed E-state index contributed by atoms with van der Waals surface area (Å²) in [6, 6.07) is 2.07. The van der Waals surface area contributed by atoms with Crippen LogP contribution in [0.4, 0.5) is 5.82 Å². The first-order valence-electron chi connectivity index (χ1n) is 13.5. The van der Waals surface area contributed by atoms with Gasteiger partial charge in [0.2, 0.25) is 0 Å². The highest BCUT2D eigenvalue weighted by Crippen LogP contribution is 2.56. The monoisotopic (exact) mass is 555 g/mol. The van der Waals surface area contributed by atoms with Crippen LogP contribution in [-0.4, -0.2) is 67.1 Å². The van der Waals surface area contributed by atoms with Crippen LogP contribution in [0, 0.1) is 29.6 Å². The summed E-state index contributed by atoms with van der Waals surface area (Å²) >= 11 is 6.93. The second-order valence-corrected chi connectivity index (χ2v) is 11.5. The van der Waals surface area contributed by atoms with Crippen LogP contribution in [0.15, 0.2) is 28.6 Å².